The lowest BCUT2D eigenvalue weighted by Gasteiger charge is -2.41. The Labute approximate surface area is 177 Å². The summed E-state index contributed by atoms with van der Waals surface area (Å²) in [5.41, 5.74) is 2.68. The van der Waals surface area contributed by atoms with Crippen molar-refractivity contribution in [3.8, 4) is 11.8 Å². The van der Waals surface area contributed by atoms with E-state index in [-0.39, 0.29) is 5.91 Å². The molecule has 0 saturated carbocycles. The highest BCUT2D eigenvalue weighted by Gasteiger charge is 2.26. The standard InChI is InChI=1S/C25H25N3O2/c1-30-24-11-5-2-8-19(24)13-15-25(29)28-17-7-6-16-27(28)23-14-12-20(18-26)21-9-3-4-10-22(21)23/h2-5,8-12,14H,6-7,13,15-17H2,1H3. The van der Waals surface area contributed by atoms with E-state index in [9.17, 15) is 10.1 Å². The Morgan fingerprint density at radius 3 is 2.53 bits per heavy atom. The molecule has 0 bridgehead atoms. The highest BCUT2D eigenvalue weighted by molar-refractivity contribution is 5.98. The fourth-order valence-corrected chi connectivity index (χ4v) is 4.16. The predicted molar refractivity (Wildman–Crippen MR) is 118 cm³/mol. The number of anilines is 1. The molecule has 0 unspecified atom stereocenters. The lowest BCUT2D eigenvalue weighted by molar-refractivity contribution is -0.132. The lowest BCUT2D eigenvalue weighted by Crippen LogP contribution is -2.50. The van der Waals surface area contributed by atoms with Gasteiger partial charge in [0.25, 0.3) is 0 Å². The fraction of sp³-hybridized carbons (Fsp3) is 0.280. The van der Waals surface area contributed by atoms with Crippen LogP contribution in [0.5, 0.6) is 5.75 Å². The van der Waals surface area contributed by atoms with Crippen LogP contribution in [0.25, 0.3) is 10.8 Å². The molecular weight excluding hydrogens is 374 g/mol. The average Bonchev–Trinajstić information content (AvgIpc) is 2.82. The molecule has 0 aromatic heterocycles. The molecule has 1 saturated heterocycles. The van der Waals surface area contributed by atoms with Gasteiger partial charge < -0.3 is 4.74 Å². The van der Waals surface area contributed by atoms with Crippen molar-refractivity contribution in [2.45, 2.75) is 25.7 Å². The number of hydrogen-bond donors (Lipinski definition) is 0. The first-order chi connectivity index (χ1) is 14.7. The lowest BCUT2D eigenvalue weighted by atomic mass is 10.0. The first-order valence-electron chi connectivity index (χ1n) is 10.3. The van der Waals surface area contributed by atoms with Gasteiger partial charge in [-0.25, -0.2) is 0 Å². The largest absolute Gasteiger partial charge is 0.496 e. The summed E-state index contributed by atoms with van der Waals surface area (Å²) in [4.78, 5) is 13.2. The Bertz CT molecular complexity index is 1100. The molecule has 1 aliphatic rings. The smallest absolute Gasteiger partial charge is 0.241 e. The molecule has 5 heteroatoms. The molecule has 3 aromatic rings. The molecule has 0 spiro atoms. The van der Waals surface area contributed by atoms with Crippen molar-refractivity contribution in [1.29, 1.82) is 5.26 Å². The molecule has 1 heterocycles. The van der Waals surface area contributed by atoms with Gasteiger partial charge in [0.1, 0.15) is 5.75 Å². The first kappa shape index (κ1) is 19.8. The minimum atomic E-state index is 0.106. The maximum Gasteiger partial charge on any atom is 0.241 e. The van der Waals surface area contributed by atoms with E-state index < -0.39 is 0 Å². The van der Waals surface area contributed by atoms with Gasteiger partial charge in [-0.15, -0.1) is 0 Å². The number of carbonyl (C=O) groups is 1. The zero-order valence-electron chi connectivity index (χ0n) is 17.2. The Kier molecular flexibility index (Phi) is 5.85. The van der Waals surface area contributed by atoms with E-state index in [2.05, 4.69) is 11.1 Å². The second-order valence-electron chi connectivity index (χ2n) is 7.45. The summed E-state index contributed by atoms with van der Waals surface area (Å²) < 4.78 is 5.42. The van der Waals surface area contributed by atoms with Crippen LogP contribution in [0.3, 0.4) is 0 Å². The van der Waals surface area contributed by atoms with Crippen molar-refractivity contribution >= 4 is 22.4 Å². The summed E-state index contributed by atoms with van der Waals surface area (Å²) >= 11 is 0. The van der Waals surface area contributed by atoms with Gasteiger partial charge in [-0.3, -0.25) is 14.8 Å². The van der Waals surface area contributed by atoms with Gasteiger partial charge in [0.05, 0.1) is 24.4 Å². The van der Waals surface area contributed by atoms with E-state index in [1.807, 2.05) is 65.7 Å². The van der Waals surface area contributed by atoms with Crippen LogP contribution in [-0.2, 0) is 11.2 Å². The molecular formula is C25H25N3O2. The average molecular weight is 399 g/mol. The molecule has 152 valence electrons. The quantitative estimate of drug-likeness (QED) is 0.624. The van der Waals surface area contributed by atoms with E-state index in [4.69, 9.17) is 4.74 Å². The van der Waals surface area contributed by atoms with Crippen LogP contribution in [-0.4, -0.2) is 31.1 Å². The van der Waals surface area contributed by atoms with E-state index >= 15 is 0 Å². The SMILES string of the molecule is COc1ccccc1CCC(=O)N1CCCCN1c1ccc(C#N)c2ccccc12. The predicted octanol–water partition coefficient (Wildman–Crippen LogP) is 4.70. The molecule has 1 amide bonds. The van der Waals surface area contributed by atoms with Gasteiger partial charge in [0.2, 0.25) is 5.91 Å². The molecule has 1 fully saturated rings. The third kappa shape index (κ3) is 3.81. The van der Waals surface area contributed by atoms with Crippen molar-refractivity contribution in [2.24, 2.45) is 0 Å². The number of nitriles is 1. The molecule has 0 radical (unpaired) electrons. The van der Waals surface area contributed by atoms with Crippen LogP contribution in [0, 0.1) is 11.3 Å². The number of fused-ring (bicyclic) bond motifs is 1. The van der Waals surface area contributed by atoms with Crippen molar-refractivity contribution in [1.82, 2.24) is 5.01 Å². The first-order valence-corrected chi connectivity index (χ1v) is 10.3. The summed E-state index contributed by atoms with van der Waals surface area (Å²) in [7, 11) is 1.66. The van der Waals surface area contributed by atoms with E-state index in [0.29, 0.717) is 24.9 Å². The number of rotatable bonds is 5. The number of benzene rings is 3. The Balaban J connectivity index is 1.60. The Hall–Kier alpha value is -3.52. The summed E-state index contributed by atoms with van der Waals surface area (Å²) in [6.07, 6.45) is 3.09. The normalized spacial score (nSPS) is 13.9. The molecule has 5 nitrogen and oxygen atoms in total. The van der Waals surface area contributed by atoms with E-state index in [1.54, 1.807) is 7.11 Å². The van der Waals surface area contributed by atoms with Crippen molar-refractivity contribution < 1.29 is 9.53 Å². The Morgan fingerprint density at radius 1 is 1.00 bits per heavy atom. The second kappa shape index (κ2) is 8.87. The minimum absolute atomic E-state index is 0.106. The third-order valence-electron chi connectivity index (χ3n) is 5.67. The second-order valence-corrected chi connectivity index (χ2v) is 7.45. The zero-order valence-corrected chi connectivity index (χ0v) is 17.2. The van der Waals surface area contributed by atoms with Gasteiger partial charge in [-0.1, -0.05) is 42.5 Å². The van der Waals surface area contributed by atoms with Crippen LogP contribution in [0.15, 0.2) is 60.7 Å². The van der Waals surface area contributed by atoms with Crippen LogP contribution >= 0.6 is 0 Å². The van der Waals surface area contributed by atoms with Crippen molar-refractivity contribution in [3.63, 3.8) is 0 Å². The molecule has 3 aromatic carbocycles. The number of hydrazine groups is 1. The highest BCUT2D eigenvalue weighted by Crippen LogP contribution is 2.32. The van der Waals surface area contributed by atoms with Crippen molar-refractivity contribution in [2.75, 3.05) is 25.2 Å². The van der Waals surface area contributed by atoms with Gasteiger partial charge in [0.15, 0.2) is 0 Å². The molecule has 30 heavy (non-hydrogen) atoms. The molecule has 0 aliphatic carbocycles. The summed E-state index contributed by atoms with van der Waals surface area (Å²) in [6.45, 7) is 1.50. The number of methoxy groups -OCH3 is 1. The fourth-order valence-electron chi connectivity index (χ4n) is 4.16. The van der Waals surface area contributed by atoms with Gasteiger partial charge in [-0.05, 0) is 43.0 Å². The van der Waals surface area contributed by atoms with Gasteiger partial charge in [0, 0.05) is 30.3 Å². The molecule has 4 rings (SSSR count). The monoisotopic (exact) mass is 399 g/mol. The van der Waals surface area contributed by atoms with Crippen LogP contribution in [0.2, 0.25) is 0 Å². The third-order valence-corrected chi connectivity index (χ3v) is 5.67. The van der Waals surface area contributed by atoms with Gasteiger partial charge in [-0.2, -0.15) is 5.26 Å². The Morgan fingerprint density at radius 2 is 1.73 bits per heavy atom. The van der Waals surface area contributed by atoms with Crippen LogP contribution in [0.1, 0.15) is 30.4 Å². The van der Waals surface area contributed by atoms with Crippen molar-refractivity contribution in [3.05, 3.63) is 71.8 Å². The zero-order chi connectivity index (χ0) is 20.9. The number of carbonyl (C=O) groups excluding carboxylic acids is 1. The topological polar surface area (TPSA) is 56.6 Å². The van der Waals surface area contributed by atoms with E-state index in [0.717, 1.165) is 47.2 Å². The number of aryl methyl sites for hydroxylation is 1. The van der Waals surface area contributed by atoms with E-state index in [1.165, 1.54) is 0 Å². The van der Waals surface area contributed by atoms with Crippen LogP contribution < -0.4 is 9.75 Å². The number of ether oxygens (including phenoxy) is 1. The maximum atomic E-state index is 13.2. The van der Waals surface area contributed by atoms with Crippen LogP contribution in [0.4, 0.5) is 5.69 Å². The minimum Gasteiger partial charge on any atom is -0.496 e. The summed E-state index contributed by atoms with van der Waals surface area (Å²) in [5, 5.41) is 15.4. The summed E-state index contributed by atoms with van der Waals surface area (Å²) in [6, 6.07) is 21.8. The highest BCUT2D eigenvalue weighted by atomic mass is 16.5. The molecule has 1 aliphatic heterocycles. The number of para-hydroxylation sites is 1. The number of amides is 1. The number of hydrogen-bond acceptors (Lipinski definition) is 4. The molecule has 0 atom stereocenters. The maximum absolute atomic E-state index is 13.2. The molecule has 0 N–H and O–H groups in total. The number of nitrogens with zero attached hydrogens (tertiary/aromatic N) is 3. The summed E-state index contributed by atoms with van der Waals surface area (Å²) in [5.74, 6) is 0.924. The van der Waals surface area contributed by atoms with Gasteiger partial charge >= 0.3 is 0 Å².